The van der Waals surface area contributed by atoms with Crippen LogP contribution in [0.1, 0.15) is 28.3 Å². The summed E-state index contributed by atoms with van der Waals surface area (Å²) in [6.07, 6.45) is 0.275. The van der Waals surface area contributed by atoms with Crippen molar-refractivity contribution in [1.29, 1.82) is 0 Å². The second kappa shape index (κ2) is 9.74. The Morgan fingerprint density at radius 1 is 0.941 bits per heavy atom. The summed E-state index contributed by atoms with van der Waals surface area (Å²) < 4.78 is 12.9. The van der Waals surface area contributed by atoms with E-state index < -0.39 is 0 Å². The van der Waals surface area contributed by atoms with Gasteiger partial charge in [0.1, 0.15) is 17.3 Å². The van der Waals surface area contributed by atoms with Crippen LogP contribution in [-0.2, 0) is 11.2 Å². The summed E-state index contributed by atoms with van der Waals surface area (Å²) in [4.78, 5) is 21.3. The maximum Gasteiger partial charge on any atom is 0.228 e. The van der Waals surface area contributed by atoms with Gasteiger partial charge in [0.25, 0.3) is 0 Å². The van der Waals surface area contributed by atoms with E-state index >= 15 is 0 Å². The molecule has 8 nitrogen and oxygen atoms in total. The monoisotopic (exact) mass is 457 g/mol. The standard InChI is InChI=1S/C26H27N5O3/c1-16-17(2)30-31(18(16)3)24-15-26(28-19(4)27-24)34-23-12-8-21(9-13-23)29-25(32)14-20-6-10-22(33-5)11-7-20/h6-13,15H,14H2,1-5H3,(H,29,32). The molecule has 0 radical (unpaired) electrons. The topological polar surface area (TPSA) is 91.2 Å². The molecule has 0 aliphatic heterocycles. The van der Waals surface area contributed by atoms with Crippen LogP contribution >= 0.6 is 0 Å². The molecule has 2 aromatic heterocycles. The third kappa shape index (κ3) is 5.23. The van der Waals surface area contributed by atoms with E-state index in [-0.39, 0.29) is 12.3 Å². The van der Waals surface area contributed by atoms with E-state index in [2.05, 4.69) is 20.4 Å². The lowest BCUT2D eigenvalue weighted by atomic mass is 10.1. The Morgan fingerprint density at radius 2 is 1.62 bits per heavy atom. The molecule has 8 heteroatoms. The normalized spacial score (nSPS) is 10.7. The number of ether oxygens (including phenoxy) is 2. The number of carbonyl (C=O) groups is 1. The third-order valence-corrected chi connectivity index (χ3v) is 5.56. The zero-order chi connectivity index (χ0) is 24.2. The number of hydrogen-bond donors (Lipinski definition) is 1. The summed E-state index contributed by atoms with van der Waals surface area (Å²) in [5, 5.41) is 7.47. The summed E-state index contributed by atoms with van der Waals surface area (Å²) >= 11 is 0. The molecule has 1 N–H and O–H groups in total. The molecule has 0 atom stereocenters. The van der Waals surface area contributed by atoms with Crippen molar-refractivity contribution in [3.63, 3.8) is 0 Å². The molecule has 0 aliphatic rings. The van der Waals surface area contributed by atoms with Crippen LogP contribution in [0.5, 0.6) is 17.4 Å². The highest BCUT2D eigenvalue weighted by atomic mass is 16.5. The van der Waals surface area contributed by atoms with Crippen LogP contribution in [0.4, 0.5) is 5.69 Å². The molecule has 1 amide bonds. The van der Waals surface area contributed by atoms with Crippen molar-refractivity contribution in [3.05, 3.63) is 82.9 Å². The fourth-order valence-corrected chi connectivity index (χ4v) is 3.49. The van der Waals surface area contributed by atoms with Crippen LogP contribution < -0.4 is 14.8 Å². The minimum absolute atomic E-state index is 0.102. The van der Waals surface area contributed by atoms with Crippen molar-refractivity contribution in [3.8, 4) is 23.2 Å². The Hall–Kier alpha value is -4.20. The van der Waals surface area contributed by atoms with Crippen molar-refractivity contribution in [2.24, 2.45) is 0 Å². The molecule has 4 aromatic rings. The van der Waals surface area contributed by atoms with Crippen molar-refractivity contribution in [1.82, 2.24) is 19.7 Å². The smallest absolute Gasteiger partial charge is 0.228 e. The fourth-order valence-electron chi connectivity index (χ4n) is 3.49. The zero-order valence-electron chi connectivity index (χ0n) is 19.9. The van der Waals surface area contributed by atoms with Gasteiger partial charge in [-0.05, 0) is 75.2 Å². The van der Waals surface area contributed by atoms with Gasteiger partial charge in [-0.3, -0.25) is 4.79 Å². The summed E-state index contributed by atoms with van der Waals surface area (Å²) in [7, 11) is 1.61. The number of nitrogens with one attached hydrogen (secondary N) is 1. The molecule has 0 aliphatic carbocycles. The number of carbonyl (C=O) groups excluding carboxylic acids is 1. The predicted molar refractivity (Wildman–Crippen MR) is 130 cm³/mol. The SMILES string of the molecule is COc1ccc(CC(=O)Nc2ccc(Oc3cc(-n4nc(C)c(C)c4C)nc(C)n3)cc2)cc1. The van der Waals surface area contributed by atoms with E-state index in [9.17, 15) is 4.79 Å². The molecule has 0 saturated heterocycles. The van der Waals surface area contributed by atoms with E-state index in [1.54, 1.807) is 42.1 Å². The second-order valence-corrected chi connectivity index (χ2v) is 8.02. The quantitative estimate of drug-likeness (QED) is 0.425. The molecule has 34 heavy (non-hydrogen) atoms. The number of rotatable bonds is 7. The van der Waals surface area contributed by atoms with Crippen molar-refractivity contribution in [2.45, 2.75) is 34.1 Å². The maximum atomic E-state index is 12.4. The van der Waals surface area contributed by atoms with Crippen molar-refractivity contribution < 1.29 is 14.3 Å². The molecule has 0 bridgehead atoms. The molecular formula is C26H27N5O3. The van der Waals surface area contributed by atoms with Crippen LogP contribution in [0.3, 0.4) is 0 Å². The molecule has 0 fully saturated rings. The number of aryl methyl sites for hydroxylation is 2. The number of anilines is 1. The van der Waals surface area contributed by atoms with E-state index in [1.807, 2.05) is 52.0 Å². The van der Waals surface area contributed by atoms with Gasteiger partial charge < -0.3 is 14.8 Å². The number of hydrogen-bond acceptors (Lipinski definition) is 6. The lowest BCUT2D eigenvalue weighted by Crippen LogP contribution is -2.14. The van der Waals surface area contributed by atoms with E-state index in [1.165, 1.54) is 0 Å². The lowest BCUT2D eigenvalue weighted by Gasteiger charge is -2.10. The van der Waals surface area contributed by atoms with Gasteiger partial charge in [-0.2, -0.15) is 10.1 Å². The largest absolute Gasteiger partial charge is 0.497 e. The van der Waals surface area contributed by atoms with Gasteiger partial charge in [0.15, 0.2) is 5.82 Å². The number of methoxy groups -OCH3 is 1. The Kier molecular flexibility index (Phi) is 6.58. The number of aromatic nitrogens is 4. The van der Waals surface area contributed by atoms with Crippen molar-refractivity contribution in [2.75, 3.05) is 12.4 Å². The van der Waals surface area contributed by atoms with Gasteiger partial charge >= 0.3 is 0 Å². The number of benzene rings is 2. The van der Waals surface area contributed by atoms with Gasteiger partial charge in [-0.25, -0.2) is 9.67 Å². The molecule has 174 valence electrons. The molecular weight excluding hydrogens is 430 g/mol. The van der Waals surface area contributed by atoms with Gasteiger partial charge in [0.05, 0.1) is 19.2 Å². The molecule has 4 rings (SSSR count). The first-order chi connectivity index (χ1) is 16.3. The Bertz CT molecular complexity index is 1310. The van der Waals surface area contributed by atoms with Gasteiger partial charge in [0, 0.05) is 17.4 Å². The molecule has 0 spiro atoms. The summed E-state index contributed by atoms with van der Waals surface area (Å²) in [5.74, 6) is 2.91. The summed E-state index contributed by atoms with van der Waals surface area (Å²) in [6.45, 7) is 7.84. The predicted octanol–water partition coefficient (Wildman–Crippen LogP) is 4.88. The molecule has 0 unspecified atom stereocenters. The minimum atomic E-state index is -0.102. The van der Waals surface area contributed by atoms with Crippen LogP contribution in [-0.4, -0.2) is 32.8 Å². The van der Waals surface area contributed by atoms with E-state index in [0.717, 1.165) is 28.3 Å². The van der Waals surface area contributed by atoms with Crippen LogP contribution in [0.2, 0.25) is 0 Å². The number of amides is 1. The highest BCUT2D eigenvalue weighted by Gasteiger charge is 2.13. The second-order valence-electron chi connectivity index (χ2n) is 8.02. The summed E-state index contributed by atoms with van der Waals surface area (Å²) in [5.41, 5.74) is 4.70. The van der Waals surface area contributed by atoms with Crippen LogP contribution in [0.25, 0.3) is 5.82 Å². The van der Waals surface area contributed by atoms with Crippen molar-refractivity contribution >= 4 is 11.6 Å². The average Bonchev–Trinajstić information content (AvgIpc) is 3.08. The molecule has 0 saturated carbocycles. The first-order valence-electron chi connectivity index (χ1n) is 10.9. The van der Waals surface area contributed by atoms with Crippen LogP contribution in [0, 0.1) is 27.7 Å². The van der Waals surface area contributed by atoms with Gasteiger partial charge in [-0.1, -0.05) is 12.1 Å². The first-order valence-corrected chi connectivity index (χ1v) is 10.9. The van der Waals surface area contributed by atoms with Gasteiger partial charge in [-0.15, -0.1) is 0 Å². The highest BCUT2D eigenvalue weighted by molar-refractivity contribution is 5.92. The fraction of sp³-hybridized carbons (Fsp3) is 0.231. The maximum absolute atomic E-state index is 12.4. The minimum Gasteiger partial charge on any atom is -0.497 e. The van der Waals surface area contributed by atoms with E-state index in [0.29, 0.717) is 29.0 Å². The Morgan fingerprint density at radius 3 is 2.24 bits per heavy atom. The van der Waals surface area contributed by atoms with Gasteiger partial charge in [0.2, 0.25) is 11.8 Å². The first kappa shape index (κ1) is 23.0. The lowest BCUT2D eigenvalue weighted by molar-refractivity contribution is -0.115. The summed E-state index contributed by atoms with van der Waals surface area (Å²) in [6, 6.07) is 16.3. The van der Waals surface area contributed by atoms with E-state index in [4.69, 9.17) is 9.47 Å². The Balaban J connectivity index is 1.42. The number of nitrogens with zero attached hydrogens (tertiary/aromatic N) is 4. The third-order valence-electron chi connectivity index (χ3n) is 5.56. The average molecular weight is 458 g/mol. The zero-order valence-corrected chi connectivity index (χ0v) is 19.9. The molecule has 2 aromatic carbocycles. The molecule has 2 heterocycles. The van der Waals surface area contributed by atoms with Crippen LogP contribution in [0.15, 0.2) is 54.6 Å². The highest BCUT2D eigenvalue weighted by Crippen LogP contribution is 2.24. The Labute approximate surface area is 198 Å².